The summed E-state index contributed by atoms with van der Waals surface area (Å²) in [6.07, 6.45) is 4.14. The molecule has 4 aromatic rings. The molecule has 0 fully saturated rings. The second kappa shape index (κ2) is 11.1. The van der Waals surface area contributed by atoms with E-state index in [0.717, 1.165) is 33.8 Å². The zero-order valence-electron chi connectivity index (χ0n) is 23.5. The minimum absolute atomic E-state index is 0.0180. The van der Waals surface area contributed by atoms with E-state index in [-0.39, 0.29) is 29.8 Å². The van der Waals surface area contributed by atoms with Crippen LogP contribution in [0.2, 0.25) is 0 Å². The number of amides is 1. The second-order valence-corrected chi connectivity index (χ2v) is 11.1. The standard InChI is InChI=1S/C28H35N9O3/c1-17-23(15-30-36(17)5)33-27-29-10-8-21(32-27)18-6-7-20-19(14-18)16-37(12-13-38)11-9-22(20)31-25(39)24-34-26(40-35-24)28(2,3)4/h6-8,10,14-15,22,38H,9,11-13,16H2,1-5H3,(H,31,39)(H,29,32,33)/t22-/m0/s1. The number of hydrogen-bond donors (Lipinski definition) is 3. The summed E-state index contributed by atoms with van der Waals surface area (Å²) in [6.45, 7) is 9.77. The highest BCUT2D eigenvalue weighted by Gasteiger charge is 2.28. The number of nitrogens with one attached hydrogen (secondary N) is 2. The van der Waals surface area contributed by atoms with Gasteiger partial charge in [-0.2, -0.15) is 10.1 Å². The number of hydrogen-bond acceptors (Lipinski definition) is 10. The fourth-order valence-electron chi connectivity index (χ4n) is 4.68. The lowest BCUT2D eigenvalue weighted by Crippen LogP contribution is -2.31. The van der Waals surface area contributed by atoms with Gasteiger partial charge in [0.05, 0.1) is 35.9 Å². The number of rotatable bonds is 7. The lowest BCUT2D eigenvalue weighted by molar-refractivity contribution is 0.0918. The van der Waals surface area contributed by atoms with Crippen molar-refractivity contribution in [2.24, 2.45) is 7.05 Å². The highest BCUT2D eigenvalue weighted by molar-refractivity contribution is 5.90. The normalized spacial score (nSPS) is 15.9. The van der Waals surface area contributed by atoms with Crippen molar-refractivity contribution in [3.05, 3.63) is 65.2 Å². The number of aliphatic hydroxyl groups excluding tert-OH is 1. The number of β-amino-alcohol motifs (C(OH)–C–C–N with tert-alkyl or cyclic N) is 1. The number of benzene rings is 1. The van der Waals surface area contributed by atoms with Crippen molar-refractivity contribution in [1.29, 1.82) is 0 Å². The van der Waals surface area contributed by atoms with Crippen LogP contribution in [0.3, 0.4) is 0 Å². The molecule has 0 saturated carbocycles. The number of anilines is 2. The average Bonchev–Trinajstić information content (AvgIpc) is 3.50. The molecule has 0 spiro atoms. The molecular formula is C28H35N9O3. The van der Waals surface area contributed by atoms with Crippen LogP contribution in [0.15, 0.2) is 41.2 Å². The van der Waals surface area contributed by atoms with Crippen LogP contribution in [0, 0.1) is 6.92 Å². The van der Waals surface area contributed by atoms with Crippen molar-refractivity contribution in [1.82, 2.24) is 40.1 Å². The molecule has 1 atom stereocenters. The van der Waals surface area contributed by atoms with Crippen LogP contribution in [0.1, 0.15) is 66.6 Å². The van der Waals surface area contributed by atoms with Gasteiger partial charge >= 0.3 is 0 Å². The molecule has 5 rings (SSSR count). The van der Waals surface area contributed by atoms with Gasteiger partial charge in [-0.15, -0.1) is 0 Å². The summed E-state index contributed by atoms with van der Waals surface area (Å²) in [5, 5.41) is 24.1. The molecule has 1 aliphatic rings. The maximum atomic E-state index is 13.1. The Balaban J connectivity index is 1.42. The summed E-state index contributed by atoms with van der Waals surface area (Å²) in [6, 6.07) is 7.75. The molecule has 4 heterocycles. The first-order chi connectivity index (χ1) is 19.1. The zero-order chi connectivity index (χ0) is 28.4. The molecule has 1 aliphatic heterocycles. The lowest BCUT2D eigenvalue weighted by Gasteiger charge is -2.19. The van der Waals surface area contributed by atoms with E-state index in [2.05, 4.69) is 41.8 Å². The van der Waals surface area contributed by atoms with Gasteiger partial charge in [0.15, 0.2) is 0 Å². The SMILES string of the molecule is Cc1c(Nc2nccc(-c3ccc4c(c3)CN(CCO)CC[C@@H]4NC(=O)c3noc(C(C)(C)C)n3)n2)cnn1C. The quantitative estimate of drug-likeness (QED) is 0.316. The molecule has 1 aromatic carbocycles. The fraction of sp³-hybridized carbons (Fsp3) is 0.429. The smallest absolute Gasteiger partial charge is 0.293 e. The Morgan fingerprint density at radius 2 is 2.05 bits per heavy atom. The predicted octanol–water partition coefficient (Wildman–Crippen LogP) is 3.28. The van der Waals surface area contributed by atoms with Gasteiger partial charge < -0.3 is 20.3 Å². The van der Waals surface area contributed by atoms with E-state index in [4.69, 9.17) is 9.51 Å². The summed E-state index contributed by atoms with van der Waals surface area (Å²) in [5.74, 6) is 0.525. The third-order valence-corrected chi connectivity index (χ3v) is 7.07. The van der Waals surface area contributed by atoms with Gasteiger partial charge in [0.2, 0.25) is 11.8 Å². The van der Waals surface area contributed by atoms with Crippen LogP contribution >= 0.6 is 0 Å². The van der Waals surface area contributed by atoms with E-state index in [0.29, 0.717) is 37.9 Å². The van der Waals surface area contributed by atoms with E-state index in [9.17, 15) is 9.90 Å². The largest absolute Gasteiger partial charge is 0.395 e. The topological polar surface area (TPSA) is 147 Å². The third-order valence-electron chi connectivity index (χ3n) is 7.07. The Morgan fingerprint density at radius 3 is 2.75 bits per heavy atom. The summed E-state index contributed by atoms with van der Waals surface area (Å²) in [4.78, 5) is 28.7. The number of aromatic nitrogens is 6. The van der Waals surface area contributed by atoms with Gasteiger partial charge in [-0.3, -0.25) is 14.4 Å². The molecule has 3 N–H and O–H groups in total. The number of nitrogens with zero attached hydrogens (tertiary/aromatic N) is 7. The summed E-state index contributed by atoms with van der Waals surface area (Å²) in [5.41, 5.74) is 5.22. The molecule has 3 aromatic heterocycles. The molecule has 40 heavy (non-hydrogen) atoms. The first kappa shape index (κ1) is 27.4. The number of carbonyl (C=O) groups excluding carboxylic acids is 1. The fourth-order valence-corrected chi connectivity index (χ4v) is 4.68. The summed E-state index contributed by atoms with van der Waals surface area (Å²) < 4.78 is 7.11. The first-order valence-electron chi connectivity index (χ1n) is 13.3. The van der Waals surface area contributed by atoms with E-state index in [1.165, 1.54) is 0 Å². The molecule has 210 valence electrons. The van der Waals surface area contributed by atoms with Crippen LogP contribution in [0.5, 0.6) is 0 Å². The van der Waals surface area contributed by atoms with Crippen LogP contribution in [-0.2, 0) is 19.0 Å². The van der Waals surface area contributed by atoms with E-state index in [1.54, 1.807) is 17.1 Å². The lowest BCUT2D eigenvalue weighted by atomic mass is 9.96. The molecule has 1 amide bonds. The van der Waals surface area contributed by atoms with Crippen molar-refractivity contribution in [2.45, 2.75) is 52.1 Å². The third kappa shape index (κ3) is 5.87. The van der Waals surface area contributed by atoms with Gasteiger partial charge in [-0.25, -0.2) is 9.97 Å². The minimum atomic E-state index is -0.382. The Labute approximate surface area is 232 Å². The predicted molar refractivity (Wildman–Crippen MR) is 149 cm³/mol. The number of aliphatic hydroxyl groups is 1. The Bertz CT molecular complexity index is 1500. The average molecular weight is 546 g/mol. The van der Waals surface area contributed by atoms with Crippen LogP contribution < -0.4 is 10.6 Å². The highest BCUT2D eigenvalue weighted by atomic mass is 16.5. The first-order valence-corrected chi connectivity index (χ1v) is 13.3. The van der Waals surface area contributed by atoms with Crippen molar-refractivity contribution in [2.75, 3.05) is 25.0 Å². The molecule has 0 aliphatic carbocycles. The maximum Gasteiger partial charge on any atom is 0.293 e. The zero-order valence-corrected chi connectivity index (χ0v) is 23.5. The summed E-state index contributed by atoms with van der Waals surface area (Å²) >= 11 is 0. The van der Waals surface area contributed by atoms with Crippen molar-refractivity contribution < 1.29 is 14.4 Å². The van der Waals surface area contributed by atoms with Crippen molar-refractivity contribution >= 4 is 17.5 Å². The van der Waals surface area contributed by atoms with E-state index in [1.807, 2.05) is 52.9 Å². The van der Waals surface area contributed by atoms with E-state index >= 15 is 0 Å². The number of aryl methyl sites for hydroxylation is 1. The Kier molecular flexibility index (Phi) is 7.63. The van der Waals surface area contributed by atoms with Gasteiger partial charge in [0, 0.05) is 43.9 Å². The number of carbonyl (C=O) groups is 1. The molecule has 0 unspecified atom stereocenters. The molecule has 0 bridgehead atoms. The molecule has 12 nitrogen and oxygen atoms in total. The highest BCUT2D eigenvalue weighted by Crippen LogP contribution is 2.31. The minimum Gasteiger partial charge on any atom is -0.395 e. The van der Waals surface area contributed by atoms with Crippen LogP contribution in [0.4, 0.5) is 11.6 Å². The monoisotopic (exact) mass is 545 g/mol. The summed E-state index contributed by atoms with van der Waals surface area (Å²) in [7, 11) is 1.88. The van der Waals surface area contributed by atoms with Crippen molar-refractivity contribution in [3.8, 4) is 11.3 Å². The Hall–Kier alpha value is -4.16. The van der Waals surface area contributed by atoms with Gasteiger partial charge in [0.1, 0.15) is 0 Å². The second-order valence-electron chi connectivity index (χ2n) is 11.1. The van der Waals surface area contributed by atoms with Crippen molar-refractivity contribution in [3.63, 3.8) is 0 Å². The van der Waals surface area contributed by atoms with Gasteiger partial charge in [0.25, 0.3) is 11.7 Å². The molecule has 0 radical (unpaired) electrons. The molecule has 12 heteroatoms. The van der Waals surface area contributed by atoms with E-state index < -0.39 is 0 Å². The molecular weight excluding hydrogens is 510 g/mol. The molecule has 0 saturated heterocycles. The maximum absolute atomic E-state index is 13.1. The number of fused-ring (bicyclic) bond motifs is 1. The van der Waals surface area contributed by atoms with Crippen LogP contribution in [0.25, 0.3) is 11.3 Å². The van der Waals surface area contributed by atoms with Gasteiger partial charge in [-0.05, 0) is 36.6 Å². The Morgan fingerprint density at radius 1 is 1.23 bits per heavy atom. The van der Waals surface area contributed by atoms with Gasteiger partial charge in [-0.1, -0.05) is 38.1 Å². The van der Waals surface area contributed by atoms with Crippen LogP contribution in [-0.4, -0.2) is 65.5 Å².